The predicted molar refractivity (Wildman–Crippen MR) is 71.7 cm³/mol. The van der Waals surface area contributed by atoms with Gasteiger partial charge in [-0.2, -0.15) is 0 Å². The average Bonchev–Trinajstić information content (AvgIpc) is 2.77. The fourth-order valence-corrected chi connectivity index (χ4v) is 2.48. The summed E-state index contributed by atoms with van der Waals surface area (Å²) in [4.78, 5) is 24.1. The van der Waals surface area contributed by atoms with E-state index in [9.17, 15) is 4.79 Å². The number of thiazole rings is 1. The Hall–Kier alpha value is -1.53. The van der Waals surface area contributed by atoms with Crippen molar-refractivity contribution in [3.63, 3.8) is 0 Å². The first-order valence-electron chi connectivity index (χ1n) is 5.76. The lowest BCUT2D eigenvalue weighted by molar-refractivity contribution is 0.566. The molecule has 1 atom stereocenters. The maximum atomic E-state index is 11.9. The lowest BCUT2D eigenvalue weighted by atomic mass is 10.1. The summed E-state index contributed by atoms with van der Waals surface area (Å²) in [6.07, 6.45) is 1.83. The van der Waals surface area contributed by atoms with Crippen LogP contribution >= 0.6 is 11.3 Å². The van der Waals surface area contributed by atoms with Crippen LogP contribution in [0, 0.1) is 13.8 Å². The SMILES string of the molecule is Cc1nc(C)c(C(C)NCc2cncs2)c(=O)[nH]1. The summed E-state index contributed by atoms with van der Waals surface area (Å²) in [5.74, 6) is 0.649. The van der Waals surface area contributed by atoms with Gasteiger partial charge in [-0.25, -0.2) is 4.98 Å². The molecule has 2 rings (SSSR count). The number of hydrogen-bond acceptors (Lipinski definition) is 5. The quantitative estimate of drug-likeness (QED) is 0.881. The monoisotopic (exact) mass is 264 g/mol. The average molecular weight is 264 g/mol. The third kappa shape index (κ3) is 2.83. The zero-order valence-corrected chi connectivity index (χ0v) is 11.5. The summed E-state index contributed by atoms with van der Waals surface area (Å²) in [7, 11) is 0. The van der Waals surface area contributed by atoms with Crippen molar-refractivity contribution in [2.75, 3.05) is 0 Å². The highest BCUT2D eigenvalue weighted by Gasteiger charge is 2.14. The number of aromatic nitrogens is 3. The minimum atomic E-state index is -0.0655. The summed E-state index contributed by atoms with van der Waals surface area (Å²) in [5.41, 5.74) is 3.21. The second kappa shape index (κ2) is 5.41. The van der Waals surface area contributed by atoms with Crippen LogP contribution in [-0.2, 0) is 6.54 Å². The Kier molecular flexibility index (Phi) is 3.88. The van der Waals surface area contributed by atoms with Gasteiger partial charge in [-0.3, -0.25) is 9.78 Å². The van der Waals surface area contributed by atoms with Crippen LogP contribution < -0.4 is 10.9 Å². The van der Waals surface area contributed by atoms with Crippen molar-refractivity contribution in [2.45, 2.75) is 33.4 Å². The number of rotatable bonds is 4. The summed E-state index contributed by atoms with van der Waals surface area (Å²) in [6.45, 7) is 6.32. The molecule has 0 fully saturated rings. The summed E-state index contributed by atoms with van der Waals surface area (Å²) < 4.78 is 0. The van der Waals surface area contributed by atoms with Crippen molar-refractivity contribution in [2.24, 2.45) is 0 Å². The zero-order chi connectivity index (χ0) is 13.1. The van der Waals surface area contributed by atoms with Gasteiger partial charge < -0.3 is 10.3 Å². The predicted octanol–water partition coefficient (Wildman–Crippen LogP) is 1.69. The highest BCUT2D eigenvalue weighted by Crippen LogP contribution is 2.13. The molecule has 0 aliphatic heterocycles. The van der Waals surface area contributed by atoms with Crippen LogP contribution in [0.3, 0.4) is 0 Å². The highest BCUT2D eigenvalue weighted by atomic mass is 32.1. The first-order chi connectivity index (χ1) is 8.58. The van der Waals surface area contributed by atoms with E-state index in [0.717, 1.165) is 10.6 Å². The molecule has 2 aromatic heterocycles. The van der Waals surface area contributed by atoms with E-state index in [2.05, 4.69) is 20.3 Å². The molecule has 2 N–H and O–H groups in total. The topological polar surface area (TPSA) is 70.7 Å². The Morgan fingerprint density at radius 2 is 2.28 bits per heavy atom. The Morgan fingerprint density at radius 3 is 2.89 bits per heavy atom. The van der Waals surface area contributed by atoms with E-state index in [1.165, 1.54) is 0 Å². The smallest absolute Gasteiger partial charge is 0.255 e. The maximum absolute atomic E-state index is 11.9. The molecule has 0 aliphatic carbocycles. The first-order valence-corrected chi connectivity index (χ1v) is 6.64. The molecule has 96 valence electrons. The van der Waals surface area contributed by atoms with Gasteiger partial charge in [0, 0.05) is 29.4 Å². The normalized spacial score (nSPS) is 12.6. The van der Waals surface area contributed by atoms with E-state index < -0.39 is 0 Å². The van der Waals surface area contributed by atoms with E-state index in [-0.39, 0.29) is 11.6 Å². The molecule has 0 aliphatic rings. The van der Waals surface area contributed by atoms with Crippen LogP contribution in [0.25, 0.3) is 0 Å². The van der Waals surface area contributed by atoms with Gasteiger partial charge in [0.1, 0.15) is 5.82 Å². The van der Waals surface area contributed by atoms with Crippen LogP contribution in [0.4, 0.5) is 0 Å². The van der Waals surface area contributed by atoms with Gasteiger partial charge in [-0.05, 0) is 20.8 Å². The van der Waals surface area contributed by atoms with Gasteiger partial charge in [0.05, 0.1) is 11.1 Å². The maximum Gasteiger partial charge on any atom is 0.255 e. The lowest BCUT2D eigenvalue weighted by Gasteiger charge is -2.14. The van der Waals surface area contributed by atoms with E-state index in [1.807, 2.05) is 20.0 Å². The fraction of sp³-hybridized carbons (Fsp3) is 0.417. The number of H-pyrrole nitrogens is 1. The molecule has 0 aromatic carbocycles. The Morgan fingerprint density at radius 1 is 1.50 bits per heavy atom. The van der Waals surface area contributed by atoms with Gasteiger partial charge in [0.25, 0.3) is 5.56 Å². The van der Waals surface area contributed by atoms with Gasteiger partial charge in [-0.15, -0.1) is 11.3 Å². The molecule has 5 nitrogen and oxygen atoms in total. The molecular formula is C12H16N4OS. The van der Waals surface area contributed by atoms with Gasteiger partial charge in [0.15, 0.2) is 0 Å². The van der Waals surface area contributed by atoms with Gasteiger partial charge in [-0.1, -0.05) is 0 Å². The molecule has 0 saturated heterocycles. The third-order valence-corrected chi connectivity index (χ3v) is 3.54. The van der Waals surface area contributed by atoms with Crippen molar-refractivity contribution in [1.82, 2.24) is 20.3 Å². The minimum Gasteiger partial charge on any atom is -0.310 e. The fourth-order valence-electron chi connectivity index (χ4n) is 1.93. The lowest BCUT2D eigenvalue weighted by Crippen LogP contribution is -2.27. The van der Waals surface area contributed by atoms with E-state index in [4.69, 9.17) is 0 Å². The van der Waals surface area contributed by atoms with Crippen molar-refractivity contribution in [3.8, 4) is 0 Å². The van der Waals surface area contributed by atoms with Crippen LogP contribution in [0.15, 0.2) is 16.5 Å². The standard InChI is InChI=1S/C12H16N4OS/c1-7(14-5-10-4-13-6-18-10)11-8(2)15-9(3)16-12(11)17/h4,6-7,14H,5H2,1-3H3,(H,15,16,17). The zero-order valence-electron chi connectivity index (χ0n) is 10.7. The van der Waals surface area contributed by atoms with Crippen LogP contribution in [0.1, 0.15) is 34.9 Å². The Labute approximate surface area is 109 Å². The number of aromatic amines is 1. The molecule has 2 heterocycles. The van der Waals surface area contributed by atoms with E-state index in [0.29, 0.717) is 17.9 Å². The molecule has 6 heteroatoms. The van der Waals surface area contributed by atoms with Gasteiger partial charge >= 0.3 is 0 Å². The van der Waals surface area contributed by atoms with Crippen molar-refractivity contribution >= 4 is 11.3 Å². The first kappa shape index (κ1) is 12.9. The molecule has 0 amide bonds. The Bertz CT molecular complexity index is 576. The van der Waals surface area contributed by atoms with Crippen LogP contribution in [0.5, 0.6) is 0 Å². The molecular weight excluding hydrogens is 248 g/mol. The van der Waals surface area contributed by atoms with Crippen molar-refractivity contribution < 1.29 is 0 Å². The molecule has 1 unspecified atom stereocenters. The minimum absolute atomic E-state index is 0.0380. The number of nitrogens with zero attached hydrogens (tertiary/aromatic N) is 2. The molecule has 2 aromatic rings. The second-order valence-corrected chi connectivity index (χ2v) is 5.19. The summed E-state index contributed by atoms with van der Waals surface area (Å²) in [6, 6.07) is -0.0380. The molecule has 0 bridgehead atoms. The van der Waals surface area contributed by atoms with Crippen LogP contribution in [-0.4, -0.2) is 15.0 Å². The number of aryl methyl sites for hydroxylation is 2. The van der Waals surface area contributed by atoms with Gasteiger partial charge in [0.2, 0.25) is 0 Å². The van der Waals surface area contributed by atoms with E-state index >= 15 is 0 Å². The summed E-state index contributed by atoms with van der Waals surface area (Å²) in [5, 5.41) is 3.31. The highest BCUT2D eigenvalue weighted by molar-refractivity contribution is 7.09. The van der Waals surface area contributed by atoms with Crippen LogP contribution in [0.2, 0.25) is 0 Å². The Balaban J connectivity index is 2.14. The van der Waals surface area contributed by atoms with E-state index in [1.54, 1.807) is 23.8 Å². The molecule has 18 heavy (non-hydrogen) atoms. The largest absolute Gasteiger partial charge is 0.310 e. The third-order valence-electron chi connectivity index (χ3n) is 2.76. The summed E-state index contributed by atoms with van der Waals surface area (Å²) >= 11 is 1.60. The van der Waals surface area contributed by atoms with Crippen molar-refractivity contribution in [1.29, 1.82) is 0 Å². The molecule has 0 spiro atoms. The molecule has 0 radical (unpaired) electrons. The number of nitrogens with one attached hydrogen (secondary N) is 2. The van der Waals surface area contributed by atoms with Crippen molar-refractivity contribution in [3.05, 3.63) is 44.0 Å². The molecule has 0 saturated carbocycles. The second-order valence-electron chi connectivity index (χ2n) is 4.22. The number of hydrogen-bond donors (Lipinski definition) is 2.